The molecule has 3 fully saturated rings. The Balaban J connectivity index is 0.985. The molecule has 1 aromatic heterocycles. The molecular formula is C37H49ClN8O4. The summed E-state index contributed by atoms with van der Waals surface area (Å²) in [5, 5.41) is 11.4. The zero-order chi connectivity index (χ0) is 34.8. The Hall–Kier alpha value is -3.87. The number of aromatic nitrogens is 2. The molecule has 268 valence electrons. The zero-order valence-electron chi connectivity index (χ0n) is 29.2. The molecule has 12 nitrogen and oxygen atoms in total. The number of aromatic amines is 1. The van der Waals surface area contributed by atoms with Crippen molar-refractivity contribution in [1.82, 2.24) is 34.7 Å². The summed E-state index contributed by atoms with van der Waals surface area (Å²) in [5.74, 6) is -0.166. The Morgan fingerprint density at radius 3 is 2.36 bits per heavy atom. The van der Waals surface area contributed by atoms with E-state index in [1.165, 1.54) is 0 Å². The number of benzene rings is 2. The second kappa shape index (κ2) is 15.2. The molecule has 0 saturated carbocycles. The van der Waals surface area contributed by atoms with Gasteiger partial charge in [-0.3, -0.25) is 19.7 Å². The number of rotatable bonds is 7. The summed E-state index contributed by atoms with van der Waals surface area (Å²) >= 11 is 6.56. The first-order valence-electron chi connectivity index (χ1n) is 18.2. The summed E-state index contributed by atoms with van der Waals surface area (Å²) in [6.07, 6.45) is 4.31. The fourth-order valence-electron chi connectivity index (χ4n) is 8.15. The highest BCUT2D eigenvalue weighted by Gasteiger charge is 2.36. The predicted octanol–water partition coefficient (Wildman–Crippen LogP) is 4.84. The van der Waals surface area contributed by atoms with Crippen LogP contribution < -0.4 is 5.32 Å². The van der Waals surface area contributed by atoms with E-state index < -0.39 is 12.2 Å². The van der Waals surface area contributed by atoms with E-state index in [2.05, 4.69) is 39.2 Å². The van der Waals surface area contributed by atoms with Gasteiger partial charge < -0.3 is 24.8 Å². The van der Waals surface area contributed by atoms with Crippen LogP contribution >= 0.6 is 11.6 Å². The van der Waals surface area contributed by atoms with Gasteiger partial charge in [-0.25, -0.2) is 9.59 Å². The van der Waals surface area contributed by atoms with Crippen molar-refractivity contribution in [2.75, 3.05) is 64.2 Å². The highest BCUT2D eigenvalue weighted by atomic mass is 35.5. The Kier molecular flexibility index (Phi) is 10.5. The van der Waals surface area contributed by atoms with Gasteiger partial charge in [-0.05, 0) is 75.3 Å². The Morgan fingerprint density at radius 1 is 0.920 bits per heavy atom. The molecule has 0 spiro atoms. The topological polar surface area (TPSA) is 117 Å². The van der Waals surface area contributed by atoms with Gasteiger partial charge in [0.15, 0.2) is 6.10 Å². The minimum Gasteiger partial charge on any atom is -0.436 e. The number of para-hydroxylation sites is 1. The molecule has 4 aliphatic heterocycles. The molecule has 0 radical (unpaired) electrons. The number of carbonyl (C=O) groups is 3. The standard InChI is InChI=1S/C37H49ClN8O4/c1-25(2)42-17-19-43(20-18-42)29-8-12-44(13-9-29)35(47)33(23-26-21-28-24-39-41-34(28)31(38)22-26)50-37(49)45-14-10-30(11-15-45)46-16-7-27-5-3-4-6-32(27)40-36(46)48/h3-6,21-22,24-25,29-30,33H,7-20,23H2,1-2H3,(H,39,41)(H,40,48)/t33-/m1/s1. The SMILES string of the molecule is CC(C)N1CCN(C2CCN(C(=O)[C@@H](Cc3cc(Cl)c4[nH]ncc4c3)OC(=O)N3CCC(N4CCc5ccccc5NC4=O)CC3)CC2)CC1. The quantitative estimate of drug-likeness (QED) is 0.362. The number of hydrogen-bond acceptors (Lipinski definition) is 7. The monoisotopic (exact) mass is 704 g/mol. The number of hydrogen-bond donors (Lipinski definition) is 2. The Morgan fingerprint density at radius 2 is 1.62 bits per heavy atom. The summed E-state index contributed by atoms with van der Waals surface area (Å²) in [4.78, 5) is 51.5. The average Bonchev–Trinajstić information content (AvgIpc) is 3.54. The molecule has 3 saturated heterocycles. The lowest BCUT2D eigenvalue weighted by atomic mass is 10.00. The Labute approximate surface area is 299 Å². The molecule has 2 N–H and O–H groups in total. The van der Waals surface area contributed by atoms with Crippen LogP contribution in [-0.2, 0) is 22.4 Å². The normalized spacial score (nSPS) is 20.9. The maximum Gasteiger partial charge on any atom is 0.410 e. The smallest absolute Gasteiger partial charge is 0.410 e. The van der Waals surface area contributed by atoms with E-state index >= 15 is 0 Å². The lowest BCUT2D eigenvalue weighted by Crippen LogP contribution is -2.56. The van der Waals surface area contributed by atoms with Crippen molar-refractivity contribution in [3.63, 3.8) is 0 Å². The molecule has 0 bridgehead atoms. The van der Waals surface area contributed by atoms with Gasteiger partial charge in [0.25, 0.3) is 5.91 Å². The highest BCUT2D eigenvalue weighted by molar-refractivity contribution is 6.35. The van der Waals surface area contributed by atoms with Crippen LogP contribution in [0.3, 0.4) is 0 Å². The number of likely N-dealkylation sites (tertiary alicyclic amines) is 2. The summed E-state index contributed by atoms with van der Waals surface area (Å²) in [6, 6.07) is 12.6. The van der Waals surface area contributed by atoms with E-state index in [1.54, 1.807) is 11.1 Å². The van der Waals surface area contributed by atoms with Gasteiger partial charge in [-0.1, -0.05) is 29.8 Å². The number of piperidine rings is 2. The summed E-state index contributed by atoms with van der Waals surface area (Å²) in [6.45, 7) is 11.6. The number of halogens is 1. The second-order valence-electron chi connectivity index (χ2n) is 14.5. The van der Waals surface area contributed by atoms with Crippen molar-refractivity contribution in [2.45, 2.75) is 76.6 Å². The number of piperazine rings is 1. The van der Waals surface area contributed by atoms with Crippen LogP contribution in [0.15, 0.2) is 42.6 Å². The molecule has 7 rings (SSSR count). The highest BCUT2D eigenvalue weighted by Crippen LogP contribution is 2.28. The number of carbonyl (C=O) groups excluding carboxylic acids is 3. The third-order valence-corrected chi connectivity index (χ3v) is 11.5. The van der Waals surface area contributed by atoms with Crippen molar-refractivity contribution < 1.29 is 19.1 Å². The van der Waals surface area contributed by atoms with Gasteiger partial charge >= 0.3 is 12.1 Å². The maximum atomic E-state index is 14.1. The van der Waals surface area contributed by atoms with Crippen LogP contribution in [0.25, 0.3) is 10.9 Å². The summed E-state index contributed by atoms with van der Waals surface area (Å²) in [7, 11) is 0. The summed E-state index contributed by atoms with van der Waals surface area (Å²) in [5.41, 5.74) is 3.52. The molecule has 2 aromatic carbocycles. The van der Waals surface area contributed by atoms with Crippen molar-refractivity contribution in [1.29, 1.82) is 0 Å². The lowest BCUT2D eigenvalue weighted by molar-refractivity contribution is -0.142. The molecule has 0 unspecified atom stereocenters. The number of fused-ring (bicyclic) bond motifs is 2. The average molecular weight is 705 g/mol. The number of anilines is 1. The Bertz CT molecular complexity index is 1670. The molecule has 3 aromatic rings. The molecule has 0 aliphatic carbocycles. The third kappa shape index (κ3) is 7.57. The number of amides is 4. The van der Waals surface area contributed by atoms with Crippen LogP contribution in [0.5, 0.6) is 0 Å². The first-order valence-corrected chi connectivity index (χ1v) is 18.6. The molecular weight excluding hydrogens is 656 g/mol. The third-order valence-electron chi connectivity index (χ3n) is 11.2. The van der Waals surface area contributed by atoms with Crippen LogP contribution in [0.2, 0.25) is 5.02 Å². The van der Waals surface area contributed by atoms with E-state index in [0.29, 0.717) is 62.7 Å². The predicted molar refractivity (Wildman–Crippen MR) is 193 cm³/mol. The number of nitrogens with one attached hydrogen (secondary N) is 2. The first kappa shape index (κ1) is 34.6. The first-order chi connectivity index (χ1) is 24.2. The second-order valence-corrected chi connectivity index (χ2v) is 14.9. The fourth-order valence-corrected chi connectivity index (χ4v) is 8.44. The van der Waals surface area contributed by atoms with Crippen LogP contribution in [0.4, 0.5) is 15.3 Å². The van der Waals surface area contributed by atoms with Gasteiger partial charge in [-0.15, -0.1) is 0 Å². The van der Waals surface area contributed by atoms with Gasteiger partial charge in [-0.2, -0.15) is 5.10 Å². The molecule has 5 heterocycles. The van der Waals surface area contributed by atoms with Crippen LogP contribution in [-0.4, -0.2) is 136 Å². The largest absolute Gasteiger partial charge is 0.436 e. The number of nitrogens with zero attached hydrogens (tertiary/aromatic N) is 6. The van der Waals surface area contributed by atoms with E-state index in [0.717, 1.165) is 73.2 Å². The zero-order valence-corrected chi connectivity index (χ0v) is 29.9. The van der Waals surface area contributed by atoms with Crippen molar-refractivity contribution in [2.24, 2.45) is 0 Å². The van der Waals surface area contributed by atoms with Crippen molar-refractivity contribution in [3.05, 3.63) is 58.7 Å². The van der Waals surface area contributed by atoms with Gasteiger partial charge in [0, 0.05) is 94.5 Å². The number of ether oxygens (including phenoxy) is 1. The summed E-state index contributed by atoms with van der Waals surface area (Å²) < 4.78 is 6.10. The molecule has 50 heavy (non-hydrogen) atoms. The number of urea groups is 1. The van der Waals surface area contributed by atoms with Crippen molar-refractivity contribution >= 4 is 46.2 Å². The van der Waals surface area contributed by atoms with Crippen LogP contribution in [0, 0.1) is 0 Å². The minimum absolute atomic E-state index is 0.0178. The van der Waals surface area contributed by atoms with Gasteiger partial charge in [0.05, 0.1) is 16.7 Å². The number of H-pyrrole nitrogens is 1. The molecule has 4 aliphatic rings. The molecule has 1 atom stereocenters. The fraction of sp³-hybridized carbons (Fsp3) is 0.568. The van der Waals surface area contributed by atoms with E-state index in [4.69, 9.17) is 16.3 Å². The van der Waals surface area contributed by atoms with E-state index in [1.807, 2.05) is 46.2 Å². The molecule has 13 heteroatoms. The minimum atomic E-state index is -0.985. The van der Waals surface area contributed by atoms with Crippen molar-refractivity contribution in [3.8, 4) is 0 Å². The van der Waals surface area contributed by atoms with E-state index in [9.17, 15) is 14.4 Å². The van der Waals surface area contributed by atoms with Gasteiger partial charge in [0.1, 0.15) is 0 Å². The van der Waals surface area contributed by atoms with Crippen LogP contribution in [0.1, 0.15) is 50.7 Å². The van der Waals surface area contributed by atoms with E-state index in [-0.39, 0.29) is 24.4 Å². The van der Waals surface area contributed by atoms with Gasteiger partial charge in [0.2, 0.25) is 0 Å². The lowest BCUT2D eigenvalue weighted by Gasteiger charge is -2.44. The molecule has 4 amide bonds. The maximum absolute atomic E-state index is 14.1.